The van der Waals surface area contributed by atoms with Gasteiger partial charge in [0.05, 0.1) is 0 Å². The standard InChI is InChI=1S/C30H60O3P/c1-3-5-7-9-11-13-15-16-17-18-19-20-22-24-26-28-30-33-34(31)32-29-27-25-23-21-14-12-10-8-6-4-2/h16-17H,3-15,18-30H2,1-2H3/q+1/b17-16-. The van der Waals surface area contributed by atoms with Gasteiger partial charge in [-0.25, -0.2) is 0 Å². The van der Waals surface area contributed by atoms with E-state index < -0.39 is 8.25 Å². The zero-order valence-electron chi connectivity index (χ0n) is 23.2. The minimum absolute atomic E-state index is 0.564. The highest BCUT2D eigenvalue weighted by molar-refractivity contribution is 7.33. The molecule has 0 amide bonds. The normalized spacial score (nSPS) is 12.1. The zero-order valence-corrected chi connectivity index (χ0v) is 24.1. The van der Waals surface area contributed by atoms with E-state index in [-0.39, 0.29) is 0 Å². The van der Waals surface area contributed by atoms with Crippen molar-refractivity contribution in [3.8, 4) is 0 Å². The van der Waals surface area contributed by atoms with Crippen molar-refractivity contribution in [1.29, 1.82) is 0 Å². The Hall–Kier alpha value is -0.240. The maximum Gasteiger partial charge on any atom is 0.697 e. The van der Waals surface area contributed by atoms with Gasteiger partial charge in [0, 0.05) is 4.57 Å². The first-order valence-corrected chi connectivity index (χ1v) is 16.3. The summed E-state index contributed by atoms with van der Waals surface area (Å²) in [5.41, 5.74) is 0. The molecular formula is C30H60O3P+. The van der Waals surface area contributed by atoms with Crippen molar-refractivity contribution in [1.82, 2.24) is 0 Å². The monoisotopic (exact) mass is 499 g/mol. The summed E-state index contributed by atoms with van der Waals surface area (Å²) in [7, 11) is -1.92. The first-order valence-electron chi connectivity index (χ1n) is 15.2. The van der Waals surface area contributed by atoms with Crippen LogP contribution in [0.3, 0.4) is 0 Å². The predicted octanol–water partition coefficient (Wildman–Crippen LogP) is 11.6. The molecule has 0 N–H and O–H groups in total. The summed E-state index contributed by atoms with van der Waals surface area (Å²) in [6.45, 7) is 5.67. The molecule has 0 aliphatic heterocycles. The fraction of sp³-hybridized carbons (Fsp3) is 0.933. The fourth-order valence-electron chi connectivity index (χ4n) is 4.25. The second-order valence-corrected chi connectivity index (χ2v) is 11.0. The molecule has 4 heteroatoms. The highest BCUT2D eigenvalue weighted by atomic mass is 31.1. The Morgan fingerprint density at radius 3 is 1.09 bits per heavy atom. The van der Waals surface area contributed by atoms with E-state index in [1.165, 1.54) is 135 Å². The van der Waals surface area contributed by atoms with Gasteiger partial charge in [-0.2, -0.15) is 0 Å². The Balaban J connectivity index is 3.19. The summed E-state index contributed by atoms with van der Waals surface area (Å²) < 4.78 is 22.4. The molecule has 0 radical (unpaired) electrons. The summed E-state index contributed by atoms with van der Waals surface area (Å²) in [5, 5.41) is 0. The minimum atomic E-state index is -1.92. The molecule has 0 saturated heterocycles. The van der Waals surface area contributed by atoms with E-state index in [0.29, 0.717) is 13.2 Å². The molecule has 0 rings (SSSR count). The topological polar surface area (TPSA) is 35.5 Å². The lowest BCUT2D eigenvalue weighted by atomic mass is 10.1. The summed E-state index contributed by atoms with van der Waals surface area (Å²) in [6.07, 6.45) is 35.9. The molecular weight excluding hydrogens is 439 g/mol. The van der Waals surface area contributed by atoms with E-state index in [4.69, 9.17) is 9.05 Å². The van der Waals surface area contributed by atoms with Crippen LogP contribution in [0.25, 0.3) is 0 Å². The highest BCUT2D eigenvalue weighted by Crippen LogP contribution is 2.25. The van der Waals surface area contributed by atoms with Crippen LogP contribution in [0.5, 0.6) is 0 Å². The van der Waals surface area contributed by atoms with E-state index in [1.54, 1.807) is 0 Å². The van der Waals surface area contributed by atoms with E-state index in [2.05, 4.69) is 26.0 Å². The average molecular weight is 500 g/mol. The third-order valence-corrected chi connectivity index (χ3v) is 7.33. The lowest BCUT2D eigenvalue weighted by Gasteiger charge is -2.01. The van der Waals surface area contributed by atoms with Crippen molar-refractivity contribution in [2.75, 3.05) is 13.2 Å². The number of allylic oxidation sites excluding steroid dienone is 2. The molecule has 3 nitrogen and oxygen atoms in total. The zero-order chi connectivity index (χ0) is 24.8. The van der Waals surface area contributed by atoms with Crippen molar-refractivity contribution in [3.05, 3.63) is 12.2 Å². The maximum absolute atomic E-state index is 11.8. The smallest absolute Gasteiger partial charge is 0.119 e. The van der Waals surface area contributed by atoms with Crippen LogP contribution in [0.2, 0.25) is 0 Å². The molecule has 0 aromatic carbocycles. The number of hydrogen-bond donors (Lipinski definition) is 0. The summed E-state index contributed by atoms with van der Waals surface area (Å²) in [6, 6.07) is 0. The van der Waals surface area contributed by atoms with Crippen LogP contribution in [0, 0.1) is 0 Å². The molecule has 0 aliphatic rings. The van der Waals surface area contributed by atoms with Gasteiger partial charge in [-0.05, 0) is 38.5 Å². The minimum Gasteiger partial charge on any atom is -0.119 e. The molecule has 0 bridgehead atoms. The summed E-state index contributed by atoms with van der Waals surface area (Å²) in [4.78, 5) is 0. The molecule has 1 unspecified atom stereocenters. The van der Waals surface area contributed by atoms with Crippen molar-refractivity contribution in [2.24, 2.45) is 0 Å². The molecule has 1 atom stereocenters. The Morgan fingerprint density at radius 1 is 0.441 bits per heavy atom. The van der Waals surface area contributed by atoms with Crippen LogP contribution in [-0.4, -0.2) is 13.2 Å². The van der Waals surface area contributed by atoms with Crippen LogP contribution >= 0.6 is 8.25 Å². The van der Waals surface area contributed by atoms with Crippen molar-refractivity contribution in [2.45, 2.75) is 168 Å². The molecule has 0 fully saturated rings. The van der Waals surface area contributed by atoms with Crippen LogP contribution in [0.4, 0.5) is 0 Å². The second-order valence-electron chi connectivity index (χ2n) is 10.0. The average Bonchev–Trinajstić information content (AvgIpc) is 2.84. The van der Waals surface area contributed by atoms with Gasteiger partial charge >= 0.3 is 8.25 Å². The van der Waals surface area contributed by atoms with Gasteiger partial charge in [-0.3, -0.25) is 0 Å². The number of unbranched alkanes of at least 4 members (excludes halogenated alkanes) is 21. The van der Waals surface area contributed by atoms with Crippen molar-refractivity contribution < 1.29 is 13.6 Å². The molecule has 0 spiro atoms. The Labute approximate surface area is 215 Å². The first-order chi connectivity index (χ1) is 16.8. The van der Waals surface area contributed by atoms with Crippen molar-refractivity contribution in [3.63, 3.8) is 0 Å². The molecule has 0 saturated carbocycles. The first kappa shape index (κ1) is 33.8. The van der Waals surface area contributed by atoms with Crippen LogP contribution in [0.15, 0.2) is 12.2 Å². The molecule has 0 heterocycles. The molecule has 0 aromatic rings. The lowest BCUT2D eigenvalue weighted by molar-refractivity contribution is 0.218. The van der Waals surface area contributed by atoms with Gasteiger partial charge in [0.25, 0.3) is 0 Å². The maximum atomic E-state index is 11.8. The van der Waals surface area contributed by atoms with Gasteiger partial charge in [0.1, 0.15) is 13.2 Å². The van der Waals surface area contributed by atoms with E-state index in [1.807, 2.05) is 0 Å². The SMILES string of the molecule is CCCCCCCC/C=C\CCCCCCCCO[P+](=O)OCCCCCCCCCCCC. The largest absolute Gasteiger partial charge is 0.697 e. The van der Waals surface area contributed by atoms with Gasteiger partial charge in [0.15, 0.2) is 0 Å². The quantitative estimate of drug-likeness (QED) is 0.0583. The van der Waals surface area contributed by atoms with Crippen LogP contribution < -0.4 is 0 Å². The van der Waals surface area contributed by atoms with Gasteiger partial charge < -0.3 is 0 Å². The second kappa shape index (κ2) is 30.8. The molecule has 0 aliphatic carbocycles. The third kappa shape index (κ3) is 29.8. The summed E-state index contributed by atoms with van der Waals surface area (Å²) >= 11 is 0. The summed E-state index contributed by atoms with van der Waals surface area (Å²) in [5.74, 6) is 0. The van der Waals surface area contributed by atoms with Crippen LogP contribution in [0.1, 0.15) is 168 Å². The third-order valence-electron chi connectivity index (χ3n) is 6.55. The van der Waals surface area contributed by atoms with E-state index >= 15 is 0 Å². The number of hydrogen-bond acceptors (Lipinski definition) is 3. The van der Waals surface area contributed by atoms with Crippen LogP contribution in [-0.2, 0) is 13.6 Å². The lowest BCUT2D eigenvalue weighted by Crippen LogP contribution is -1.92. The molecule has 202 valence electrons. The molecule has 0 aromatic heterocycles. The molecule has 34 heavy (non-hydrogen) atoms. The van der Waals surface area contributed by atoms with Crippen molar-refractivity contribution >= 4 is 8.25 Å². The van der Waals surface area contributed by atoms with Gasteiger partial charge in [0.2, 0.25) is 0 Å². The predicted molar refractivity (Wildman–Crippen MR) is 151 cm³/mol. The number of rotatable bonds is 29. The van der Waals surface area contributed by atoms with E-state index in [9.17, 15) is 4.57 Å². The Bertz CT molecular complexity index is 425. The fourth-order valence-corrected chi connectivity index (χ4v) is 4.89. The Morgan fingerprint density at radius 2 is 0.735 bits per heavy atom. The highest BCUT2D eigenvalue weighted by Gasteiger charge is 2.18. The van der Waals surface area contributed by atoms with Gasteiger partial charge in [-0.1, -0.05) is 142 Å². The Kier molecular flexibility index (Phi) is 30.6. The van der Waals surface area contributed by atoms with Gasteiger partial charge in [-0.15, -0.1) is 9.05 Å². The van der Waals surface area contributed by atoms with E-state index in [0.717, 1.165) is 19.3 Å².